The van der Waals surface area contributed by atoms with Gasteiger partial charge in [-0.15, -0.1) is 0 Å². The van der Waals surface area contributed by atoms with Crippen LogP contribution in [0.15, 0.2) is 12.1 Å². The summed E-state index contributed by atoms with van der Waals surface area (Å²) in [5.74, 6) is 0.618. The molecular formula is C13H16FN. The molecule has 2 heteroatoms. The summed E-state index contributed by atoms with van der Waals surface area (Å²) < 4.78 is 13.1. The van der Waals surface area contributed by atoms with Gasteiger partial charge in [-0.25, -0.2) is 4.39 Å². The number of fused-ring (bicyclic) bond motifs is 1. The first-order chi connectivity index (χ1) is 7.20. The SMILES string of the molecule is CCC1C=c2ccc(C(C)F)nc2=CC1. The van der Waals surface area contributed by atoms with E-state index in [-0.39, 0.29) is 0 Å². The van der Waals surface area contributed by atoms with E-state index in [4.69, 9.17) is 0 Å². The number of pyridine rings is 1. The number of hydrogen-bond acceptors (Lipinski definition) is 1. The number of aromatic nitrogens is 1. The fraction of sp³-hybridized carbons (Fsp3) is 0.462. The topological polar surface area (TPSA) is 12.9 Å². The number of alkyl halides is 1. The van der Waals surface area contributed by atoms with Crippen LogP contribution in [0.4, 0.5) is 4.39 Å². The van der Waals surface area contributed by atoms with Gasteiger partial charge in [-0.2, -0.15) is 0 Å². The van der Waals surface area contributed by atoms with Crippen LogP contribution >= 0.6 is 0 Å². The minimum absolute atomic E-state index is 0.536. The summed E-state index contributed by atoms with van der Waals surface area (Å²) in [6.45, 7) is 3.71. The first kappa shape index (κ1) is 10.3. The van der Waals surface area contributed by atoms with Crippen molar-refractivity contribution in [2.24, 2.45) is 5.92 Å². The summed E-state index contributed by atoms with van der Waals surface area (Å²) in [7, 11) is 0. The molecule has 1 aliphatic rings. The molecule has 0 amide bonds. The molecule has 1 aromatic rings. The first-order valence-electron chi connectivity index (χ1n) is 5.53. The maximum Gasteiger partial charge on any atom is 0.139 e. The van der Waals surface area contributed by atoms with Crippen LogP contribution in [-0.4, -0.2) is 4.98 Å². The zero-order chi connectivity index (χ0) is 10.8. The normalized spacial score (nSPS) is 21.1. The first-order valence-corrected chi connectivity index (χ1v) is 5.53. The minimum Gasteiger partial charge on any atom is -0.250 e. The van der Waals surface area contributed by atoms with Crippen molar-refractivity contribution in [1.82, 2.24) is 4.98 Å². The van der Waals surface area contributed by atoms with Crippen LogP contribution in [0.5, 0.6) is 0 Å². The second-order valence-electron chi connectivity index (χ2n) is 4.10. The van der Waals surface area contributed by atoms with Gasteiger partial charge in [0.05, 0.1) is 11.0 Å². The Morgan fingerprint density at radius 1 is 1.53 bits per heavy atom. The lowest BCUT2D eigenvalue weighted by atomic mass is 9.97. The van der Waals surface area contributed by atoms with Crippen molar-refractivity contribution >= 4 is 12.2 Å². The number of nitrogens with zero attached hydrogens (tertiary/aromatic N) is 1. The molecule has 0 aliphatic heterocycles. The molecule has 1 aliphatic carbocycles. The van der Waals surface area contributed by atoms with E-state index >= 15 is 0 Å². The van der Waals surface area contributed by atoms with Gasteiger partial charge in [-0.3, -0.25) is 4.98 Å². The average Bonchev–Trinajstić information content (AvgIpc) is 2.27. The van der Waals surface area contributed by atoms with Gasteiger partial charge in [0.15, 0.2) is 0 Å². The quantitative estimate of drug-likeness (QED) is 0.720. The summed E-state index contributed by atoms with van der Waals surface area (Å²) in [6.07, 6.45) is 5.56. The Morgan fingerprint density at radius 2 is 2.33 bits per heavy atom. The Balaban J connectivity index is 2.48. The highest BCUT2D eigenvalue weighted by molar-refractivity contribution is 5.38. The molecule has 1 nitrogen and oxygen atoms in total. The number of hydrogen-bond donors (Lipinski definition) is 0. The second kappa shape index (κ2) is 4.13. The van der Waals surface area contributed by atoms with E-state index in [9.17, 15) is 4.39 Å². The third-order valence-electron chi connectivity index (χ3n) is 2.94. The van der Waals surface area contributed by atoms with Crippen molar-refractivity contribution in [2.45, 2.75) is 32.9 Å². The highest BCUT2D eigenvalue weighted by atomic mass is 19.1. The molecule has 0 radical (unpaired) electrons. The van der Waals surface area contributed by atoms with Crippen LogP contribution in [-0.2, 0) is 0 Å². The van der Waals surface area contributed by atoms with Gasteiger partial charge in [0, 0.05) is 0 Å². The fourth-order valence-corrected chi connectivity index (χ4v) is 1.90. The summed E-state index contributed by atoms with van der Waals surface area (Å²) in [5.41, 5.74) is 0.536. The van der Waals surface area contributed by atoms with Gasteiger partial charge in [-0.1, -0.05) is 25.1 Å². The van der Waals surface area contributed by atoms with E-state index < -0.39 is 6.17 Å². The van der Waals surface area contributed by atoms with Crippen molar-refractivity contribution in [2.75, 3.05) is 0 Å². The molecule has 0 aromatic carbocycles. The summed E-state index contributed by atoms with van der Waals surface area (Å²) in [6, 6.07) is 3.76. The maximum absolute atomic E-state index is 13.1. The van der Waals surface area contributed by atoms with Crippen molar-refractivity contribution in [3.05, 3.63) is 28.4 Å². The molecule has 1 aromatic heterocycles. The molecule has 2 rings (SSSR count). The van der Waals surface area contributed by atoms with E-state index in [2.05, 4.69) is 24.1 Å². The fourth-order valence-electron chi connectivity index (χ4n) is 1.90. The largest absolute Gasteiger partial charge is 0.250 e. The summed E-state index contributed by atoms with van der Waals surface area (Å²) in [5, 5.41) is 2.10. The molecular weight excluding hydrogens is 189 g/mol. The van der Waals surface area contributed by atoms with E-state index in [0.717, 1.165) is 23.4 Å². The van der Waals surface area contributed by atoms with Gasteiger partial charge in [0.1, 0.15) is 6.17 Å². The zero-order valence-corrected chi connectivity index (χ0v) is 9.20. The monoisotopic (exact) mass is 205 g/mol. The minimum atomic E-state index is -0.979. The molecule has 1 heterocycles. The summed E-state index contributed by atoms with van der Waals surface area (Å²) in [4.78, 5) is 4.32. The van der Waals surface area contributed by atoms with Crippen molar-refractivity contribution in [3.8, 4) is 0 Å². The number of rotatable bonds is 2. The van der Waals surface area contributed by atoms with E-state index in [1.807, 2.05) is 6.07 Å². The number of halogens is 1. The Labute approximate surface area is 89.4 Å². The Kier molecular flexibility index (Phi) is 2.85. The standard InChI is InChI=1S/C13H16FN/c1-3-10-4-6-13-11(8-10)5-7-12(15-13)9(2)14/h5-10H,3-4H2,1-2H3. The molecule has 0 N–H and O–H groups in total. The van der Waals surface area contributed by atoms with E-state index in [0.29, 0.717) is 11.6 Å². The molecule has 0 spiro atoms. The lowest BCUT2D eigenvalue weighted by Gasteiger charge is -2.11. The van der Waals surface area contributed by atoms with E-state index in [1.165, 1.54) is 6.92 Å². The van der Waals surface area contributed by atoms with Gasteiger partial charge in [-0.05, 0) is 37.0 Å². The van der Waals surface area contributed by atoms with Crippen LogP contribution in [0.2, 0.25) is 0 Å². The van der Waals surface area contributed by atoms with Crippen LogP contribution in [0.3, 0.4) is 0 Å². The third-order valence-corrected chi connectivity index (χ3v) is 2.94. The van der Waals surface area contributed by atoms with Gasteiger partial charge < -0.3 is 0 Å². The molecule has 2 unspecified atom stereocenters. The second-order valence-corrected chi connectivity index (χ2v) is 4.10. The molecule has 80 valence electrons. The van der Waals surface area contributed by atoms with Crippen LogP contribution in [0.25, 0.3) is 12.2 Å². The lowest BCUT2D eigenvalue weighted by molar-refractivity contribution is 0.365. The van der Waals surface area contributed by atoms with E-state index in [1.54, 1.807) is 6.07 Å². The van der Waals surface area contributed by atoms with Crippen molar-refractivity contribution in [3.63, 3.8) is 0 Å². The van der Waals surface area contributed by atoms with Crippen molar-refractivity contribution in [1.29, 1.82) is 0 Å². The smallest absolute Gasteiger partial charge is 0.139 e. The highest BCUT2D eigenvalue weighted by Crippen LogP contribution is 2.13. The molecule has 0 saturated carbocycles. The molecule has 2 atom stereocenters. The van der Waals surface area contributed by atoms with Crippen LogP contribution in [0, 0.1) is 5.92 Å². The lowest BCUT2D eigenvalue weighted by Crippen LogP contribution is -2.32. The Hall–Kier alpha value is -1.18. The molecule has 15 heavy (non-hydrogen) atoms. The molecule has 0 fully saturated rings. The third kappa shape index (κ3) is 2.09. The van der Waals surface area contributed by atoms with Crippen LogP contribution < -0.4 is 10.6 Å². The molecule has 0 saturated heterocycles. The predicted octanol–water partition coefficient (Wildman–Crippen LogP) is 2.10. The van der Waals surface area contributed by atoms with Gasteiger partial charge >= 0.3 is 0 Å². The summed E-state index contributed by atoms with van der Waals surface area (Å²) >= 11 is 0. The Bertz CT molecular complexity index is 462. The van der Waals surface area contributed by atoms with Gasteiger partial charge in [0.25, 0.3) is 0 Å². The zero-order valence-electron chi connectivity index (χ0n) is 9.20. The average molecular weight is 205 g/mol. The Morgan fingerprint density at radius 3 is 3.00 bits per heavy atom. The molecule has 0 bridgehead atoms. The predicted molar refractivity (Wildman–Crippen MR) is 60.3 cm³/mol. The maximum atomic E-state index is 13.1. The van der Waals surface area contributed by atoms with Crippen LogP contribution in [0.1, 0.15) is 38.6 Å². The highest BCUT2D eigenvalue weighted by Gasteiger charge is 2.08. The van der Waals surface area contributed by atoms with Crippen molar-refractivity contribution < 1.29 is 4.39 Å². The van der Waals surface area contributed by atoms with Gasteiger partial charge in [0.2, 0.25) is 0 Å².